The van der Waals surface area contributed by atoms with Crippen molar-refractivity contribution in [1.29, 1.82) is 0 Å². The number of carboxylic acids is 2. The summed E-state index contributed by atoms with van der Waals surface area (Å²) in [7, 11) is 0. The molecule has 12 heteroatoms. The van der Waals surface area contributed by atoms with E-state index in [4.69, 9.17) is 19.8 Å². The first-order valence-corrected chi connectivity index (χ1v) is 5.36. The van der Waals surface area contributed by atoms with E-state index >= 15 is 0 Å². The van der Waals surface area contributed by atoms with Crippen LogP contribution < -0.4 is 10.6 Å². The largest absolute Gasteiger partial charge is 0.490 e. The van der Waals surface area contributed by atoms with Gasteiger partial charge in [0.15, 0.2) is 0 Å². The van der Waals surface area contributed by atoms with Gasteiger partial charge >= 0.3 is 24.3 Å². The molecule has 1 aliphatic heterocycles. The maximum atomic E-state index is 10.6. The molecule has 1 saturated heterocycles. The summed E-state index contributed by atoms with van der Waals surface area (Å²) in [6.07, 6.45) is -10.2. The molecule has 0 amide bonds. The van der Waals surface area contributed by atoms with Crippen LogP contribution in [-0.2, 0) is 9.59 Å². The smallest absolute Gasteiger partial charge is 0.475 e. The minimum absolute atomic E-state index is 0.769. The Balaban J connectivity index is 0. The van der Waals surface area contributed by atoms with Crippen LogP contribution in [-0.4, -0.2) is 60.2 Å². The van der Waals surface area contributed by atoms with Crippen LogP contribution in [0.5, 0.6) is 0 Å². The highest BCUT2D eigenvalue weighted by molar-refractivity contribution is 5.73. The van der Waals surface area contributed by atoms with Crippen molar-refractivity contribution in [3.8, 4) is 0 Å². The molecule has 0 spiro atoms. The quantitative estimate of drug-likeness (QED) is 0.561. The lowest BCUT2D eigenvalue weighted by Crippen LogP contribution is -2.55. The van der Waals surface area contributed by atoms with Crippen molar-refractivity contribution in [2.24, 2.45) is 0 Å². The van der Waals surface area contributed by atoms with Gasteiger partial charge in [-0.3, -0.25) is 0 Å². The summed E-state index contributed by atoms with van der Waals surface area (Å²) in [4.78, 5) is 17.8. The van der Waals surface area contributed by atoms with Crippen LogP contribution in [0.2, 0.25) is 0 Å². The number of aliphatic carboxylic acids is 2. The van der Waals surface area contributed by atoms with E-state index in [1.807, 2.05) is 0 Å². The predicted molar refractivity (Wildman–Crippen MR) is 57.7 cm³/mol. The van der Waals surface area contributed by atoms with Gasteiger partial charge in [-0.05, 0) is 6.54 Å². The molecule has 1 aliphatic rings. The maximum absolute atomic E-state index is 10.6. The minimum atomic E-state index is -5.08. The van der Waals surface area contributed by atoms with E-state index in [0.29, 0.717) is 0 Å². The van der Waals surface area contributed by atoms with Gasteiger partial charge < -0.3 is 20.8 Å². The molecule has 1 fully saturated rings. The summed E-state index contributed by atoms with van der Waals surface area (Å²) in [6.45, 7) is 5.56. The summed E-state index contributed by atoms with van der Waals surface area (Å²) < 4.78 is 63.5. The van der Waals surface area contributed by atoms with Gasteiger partial charge in [-0.25, -0.2) is 9.59 Å². The van der Waals surface area contributed by atoms with E-state index in [-0.39, 0.29) is 0 Å². The second-order valence-corrected chi connectivity index (χ2v) is 3.52. The molecular weight excluding hydrogens is 314 g/mol. The van der Waals surface area contributed by atoms with E-state index in [0.717, 1.165) is 25.7 Å². The summed E-state index contributed by atoms with van der Waals surface area (Å²) >= 11 is 0. The molecule has 0 radical (unpaired) electrons. The molecular formula is C9H14F6N2O4. The molecule has 1 heterocycles. The predicted octanol–water partition coefficient (Wildman–Crippen LogP) is 0.834. The van der Waals surface area contributed by atoms with Gasteiger partial charge in [0.2, 0.25) is 0 Å². The maximum Gasteiger partial charge on any atom is 0.490 e. The summed E-state index contributed by atoms with van der Waals surface area (Å²) in [6, 6.07) is 0.769. The fourth-order valence-electron chi connectivity index (χ4n) is 0.722. The Hall–Kier alpha value is -1.56. The van der Waals surface area contributed by atoms with Crippen LogP contribution >= 0.6 is 0 Å². The third-order valence-electron chi connectivity index (χ3n) is 1.76. The Kier molecular flexibility index (Phi) is 9.72. The average Bonchev–Trinajstić information content (AvgIpc) is 2.22. The van der Waals surface area contributed by atoms with Gasteiger partial charge in [-0.15, -0.1) is 0 Å². The standard InChI is InChI=1S/C5H12N2.2C2HF3O2/c1-2-7-5-3-6-4-5;2*3-2(4,5)1(6)7/h5-7H,2-4H2,1H3;2*(H,6,7). The zero-order valence-electron chi connectivity index (χ0n) is 10.7. The van der Waals surface area contributed by atoms with Crippen LogP contribution in [0.1, 0.15) is 6.92 Å². The Bertz CT molecular complexity index is 303. The molecule has 0 unspecified atom stereocenters. The highest BCUT2D eigenvalue weighted by Gasteiger charge is 2.38. The Morgan fingerprint density at radius 1 is 1.05 bits per heavy atom. The van der Waals surface area contributed by atoms with Crippen LogP contribution in [0.3, 0.4) is 0 Å². The number of carbonyl (C=O) groups is 2. The van der Waals surface area contributed by atoms with Crippen LogP contribution in [0, 0.1) is 0 Å². The number of nitrogens with one attached hydrogen (secondary N) is 2. The third-order valence-corrected chi connectivity index (χ3v) is 1.76. The number of alkyl halides is 6. The average molecular weight is 328 g/mol. The number of hydrogen-bond acceptors (Lipinski definition) is 4. The first-order chi connectivity index (χ1) is 9.32. The van der Waals surface area contributed by atoms with E-state index in [2.05, 4.69) is 17.6 Å². The molecule has 126 valence electrons. The van der Waals surface area contributed by atoms with Crippen molar-refractivity contribution in [2.75, 3.05) is 19.6 Å². The molecule has 4 N–H and O–H groups in total. The summed E-state index contributed by atoms with van der Waals surface area (Å²) in [5.74, 6) is -5.51. The lowest BCUT2D eigenvalue weighted by molar-refractivity contribution is -0.193. The van der Waals surface area contributed by atoms with Crippen molar-refractivity contribution < 1.29 is 46.1 Å². The molecule has 0 aromatic rings. The number of likely N-dealkylation sites (N-methyl/N-ethyl adjacent to an activating group) is 1. The third kappa shape index (κ3) is 13.2. The molecule has 1 rings (SSSR count). The highest BCUT2D eigenvalue weighted by atomic mass is 19.4. The molecule has 21 heavy (non-hydrogen) atoms. The van der Waals surface area contributed by atoms with E-state index < -0.39 is 24.3 Å². The first kappa shape index (κ1) is 21.7. The van der Waals surface area contributed by atoms with Gasteiger partial charge in [0.1, 0.15) is 0 Å². The SMILES string of the molecule is CCNC1CNC1.O=C(O)C(F)(F)F.O=C(O)C(F)(F)F. The Morgan fingerprint density at radius 2 is 1.33 bits per heavy atom. The van der Waals surface area contributed by atoms with Crippen LogP contribution in [0.15, 0.2) is 0 Å². The van der Waals surface area contributed by atoms with Gasteiger partial charge in [-0.1, -0.05) is 6.92 Å². The molecule has 0 aromatic heterocycles. The normalized spacial score (nSPS) is 14.8. The van der Waals surface area contributed by atoms with Crippen molar-refractivity contribution in [3.63, 3.8) is 0 Å². The van der Waals surface area contributed by atoms with Crippen LogP contribution in [0.25, 0.3) is 0 Å². The fraction of sp³-hybridized carbons (Fsp3) is 0.778. The van der Waals surface area contributed by atoms with Crippen LogP contribution in [0.4, 0.5) is 26.3 Å². The highest BCUT2D eigenvalue weighted by Crippen LogP contribution is 2.13. The zero-order valence-corrected chi connectivity index (χ0v) is 10.7. The summed E-state index contributed by atoms with van der Waals surface area (Å²) in [5, 5.41) is 20.8. The monoisotopic (exact) mass is 328 g/mol. The molecule has 0 saturated carbocycles. The molecule has 0 aliphatic carbocycles. The molecule has 6 nitrogen and oxygen atoms in total. The molecule has 0 atom stereocenters. The van der Waals surface area contributed by atoms with Crippen molar-refractivity contribution >= 4 is 11.9 Å². The van der Waals surface area contributed by atoms with Gasteiger partial charge in [-0.2, -0.15) is 26.3 Å². The van der Waals surface area contributed by atoms with Crippen molar-refractivity contribution in [1.82, 2.24) is 10.6 Å². The van der Waals surface area contributed by atoms with Gasteiger partial charge in [0, 0.05) is 19.1 Å². The Labute approximate surface area is 115 Å². The van der Waals surface area contributed by atoms with Gasteiger partial charge in [0.05, 0.1) is 0 Å². The second kappa shape index (κ2) is 9.39. The lowest BCUT2D eigenvalue weighted by atomic mass is 10.2. The van der Waals surface area contributed by atoms with Gasteiger partial charge in [0.25, 0.3) is 0 Å². The van der Waals surface area contributed by atoms with Crippen molar-refractivity contribution in [3.05, 3.63) is 0 Å². The number of rotatable bonds is 2. The first-order valence-electron chi connectivity index (χ1n) is 5.36. The van der Waals surface area contributed by atoms with E-state index in [1.54, 1.807) is 0 Å². The molecule has 0 bridgehead atoms. The molecule has 0 aromatic carbocycles. The topological polar surface area (TPSA) is 98.7 Å². The number of hydrogen-bond donors (Lipinski definition) is 4. The summed E-state index contributed by atoms with van der Waals surface area (Å²) in [5.41, 5.74) is 0. The second-order valence-electron chi connectivity index (χ2n) is 3.52. The zero-order chi connectivity index (χ0) is 17.3. The van der Waals surface area contributed by atoms with E-state index in [9.17, 15) is 26.3 Å². The number of halogens is 6. The lowest BCUT2D eigenvalue weighted by Gasteiger charge is -2.27. The Morgan fingerprint density at radius 3 is 1.38 bits per heavy atom. The minimum Gasteiger partial charge on any atom is -0.475 e. The van der Waals surface area contributed by atoms with Crippen molar-refractivity contribution in [2.45, 2.75) is 25.3 Å². The van der Waals surface area contributed by atoms with E-state index in [1.165, 1.54) is 0 Å². The fourth-order valence-corrected chi connectivity index (χ4v) is 0.722. The number of carboxylic acid groups (broad SMARTS) is 2.